The number of nitrogens with one attached hydrogen (secondary N) is 1. The number of aromatic nitrogens is 1. The second-order valence-corrected chi connectivity index (χ2v) is 4.75. The van der Waals surface area contributed by atoms with Crippen LogP contribution in [0.15, 0.2) is 60.9 Å². The highest BCUT2D eigenvalue weighted by atomic mass is 14.9. The number of anilines is 1. The first-order chi connectivity index (χ1) is 9.33. The molecule has 3 aromatic rings. The van der Waals surface area contributed by atoms with Crippen LogP contribution in [0.5, 0.6) is 0 Å². The Morgan fingerprint density at radius 1 is 1.00 bits per heavy atom. The van der Waals surface area contributed by atoms with Crippen molar-refractivity contribution in [2.24, 2.45) is 0 Å². The molecule has 0 bridgehead atoms. The first kappa shape index (κ1) is 11.7. The Kier molecular flexibility index (Phi) is 3.15. The number of aryl methyl sites for hydroxylation is 1. The van der Waals surface area contributed by atoms with E-state index in [0.29, 0.717) is 0 Å². The van der Waals surface area contributed by atoms with E-state index in [9.17, 15) is 0 Å². The van der Waals surface area contributed by atoms with Gasteiger partial charge in [-0.25, -0.2) is 0 Å². The fraction of sp³-hybridized carbons (Fsp3) is 0.118. The molecule has 19 heavy (non-hydrogen) atoms. The lowest BCUT2D eigenvalue weighted by Crippen LogP contribution is -2.00. The number of pyridine rings is 1. The van der Waals surface area contributed by atoms with Crippen molar-refractivity contribution in [2.45, 2.75) is 13.5 Å². The van der Waals surface area contributed by atoms with E-state index in [1.807, 2.05) is 12.4 Å². The molecule has 94 valence electrons. The van der Waals surface area contributed by atoms with Crippen molar-refractivity contribution < 1.29 is 0 Å². The highest BCUT2D eigenvalue weighted by Gasteiger charge is 2.00. The van der Waals surface area contributed by atoms with Gasteiger partial charge in [0, 0.05) is 30.0 Å². The Bertz CT molecular complexity index is 699. The molecule has 0 aliphatic rings. The summed E-state index contributed by atoms with van der Waals surface area (Å²) in [7, 11) is 0. The normalized spacial score (nSPS) is 10.6. The Morgan fingerprint density at radius 2 is 1.84 bits per heavy atom. The summed E-state index contributed by atoms with van der Waals surface area (Å²) in [6.45, 7) is 2.86. The fourth-order valence-electron chi connectivity index (χ4n) is 2.29. The van der Waals surface area contributed by atoms with Crippen LogP contribution >= 0.6 is 0 Å². The molecule has 0 saturated heterocycles. The van der Waals surface area contributed by atoms with E-state index in [-0.39, 0.29) is 0 Å². The van der Waals surface area contributed by atoms with E-state index in [2.05, 4.69) is 65.8 Å². The van der Waals surface area contributed by atoms with Gasteiger partial charge in [-0.1, -0.05) is 42.5 Å². The average molecular weight is 248 g/mol. The third-order valence-electron chi connectivity index (χ3n) is 3.20. The zero-order valence-electron chi connectivity index (χ0n) is 10.9. The molecular weight excluding hydrogens is 232 g/mol. The van der Waals surface area contributed by atoms with E-state index in [1.54, 1.807) is 0 Å². The molecule has 3 rings (SSSR count). The van der Waals surface area contributed by atoms with Crippen molar-refractivity contribution >= 4 is 16.5 Å². The van der Waals surface area contributed by atoms with Crippen LogP contribution in [0, 0.1) is 6.92 Å². The molecule has 1 heterocycles. The summed E-state index contributed by atoms with van der Waals surface area (Å²) in [6.07, 6.45) is 3.78. The molecule has 0 unspecified atom stereocenters. The van der Waals surface area contributed by atoms with Crippen molar-refractivity contribution in [3.63, 3.8) is 0 Å². The van der Waals surface area contributed by atoms with Gasteiger partial charge in [0.25, 0.3) is 0 Å². The minimum absolute atomic E-state index is 0.794. The van der Waals surface area contributed by atoms with Crippen molar-refractivity contribution in [1.82, 2.24) is 4.98 Å². The zero-order valence-corrected chi connectivity index (χ0v) is 10.9. The maximum atomic E-state index is 4.22. The highest BCUT2D eigenvalue weighted by molar-refractivity contribution is 5.93. The molecule has 2 heteroatoms. The van der Waals surface area contributed by atoms with Crippen LogP contribution in [-0.4, -0.2) is 4.98 Å². The second-order valence-electron chi connectivity index (χ2n) is 4.75. The smallest absolute Gasteiger partial charge is 0.0422 e. The molecule has 0 fully saturated rings. The van der Waals surface area contributed by atoms with Gasteiger partial charge in [0.1, 0.15) is 0 Å². The number of nitrogens with zero attached hydrogens (tertiary/aromatic N) is 1. The quantitative estimate of drug-likeness (QED) is 0.753. The minimum Gasteiger partial charge on any atom is -0.380 e. The Morgan fingerprint density at radius 3 is 2.74 bits per heavy atom. The van der Waals surface area contributed by atoms with Crippen LogP contribution < -0.4 is 5.32 Å². The third-order valence-corrected chi connectivity index (χ3v) is 3.20. The van der Waals surface area contributed by atoms with Crippen LogP contribution in [-0.2, 0) is 6.54 Å². The number of rotatable bonds is 3. The van der Waals surface area contributed by atoms with Crippen LogP contribution in [0.25, 0.3) is 10.8 Å². The van der Waals surface area contributed by atoms with Crippen LogP contribution in [0.3, 0.4) is 0 Å². The first-order valence-corrected chi connectivity index (χ1v) is 6.45. The van der Waals surface area contributed by atoms with E-state index in [0.717, 1.165) is 6.54 Å². The van der Waals surface area contributed by atoms with E-state index in [4.69, 9.17) is 0 Å². The summed E-state index contributed by atoms with van der Waals surface area (Å²) in [4.78, 5) is 4.22. The Hall–Kier alpha value is -2.35. The molecule has 0 saturated carbocycles. The number of hydrogen-bond acceptors (Lipinski definition) is 2. The Labute approximate surface area is 113 Å². The lowest BCUT2D eigenvalue weighted by molar-refractivity contribution is 1.10. The van der Waals surface area contributed by atoms with Crippen molar-refractivity contribution in [1.29, 1.82) is 0 Å². The van der Waals surface area contributed by atoms with Crippen molar-refractivity contribution in [2.75, 3.05) is 5.32 Å². The number of benzene rings is 2. The maximum Gasteiger partial charge on any atom is 0.0422 e. The average Bonchev–Trinajstić information content (AvgIpc) is 2.45. The predicted octanol–water partition coefficient (Wildman–Crippen LogP) is 4.16. The molecule has 0 atom stereocenters. The van der Waals surface area contributed by atoms with Gasteiger partial charge >= 0.3 is 0 Å². The van der Waals surface area contributed by atoms with Crippen LogP contribution in [0.4, 0.5) is 5.69 Å². The molecule has 0 radical (unpaired) electrons. The van der Waals surface area contributed by atoms with E-state index < -0.39 is 0 Å². The fourth-order valence-corrected chi connectivity index (χ4v) is 2.29. The lowest BCUT2D eigenvalue weighted by Gasteiger charge is -2.10. The minimum atomic E-state index is 0.794. The van der Waals surface area contributed by atoms with Crippen molar-refractivity contribution in [3.05, 3.63) is 72.1 Å². The topological polar surface area (TPSA) is 24.9 Å². The van der Waals surface area contributed by atoms with Gasteiger partial charge in [-0.3, -0.25) is 4.98 Å². The highest BCUT2D eigenvalue weighted by Crippen LogP contribution is 2.23. The Balaban J connectivity index is 1.86. The van der Waals surface area contributed by atoms with Gasteiger partial charge in [0.15, 0.2) is 0 Å². The molecule has 1 aromatic heterocycles. The third kappa shape index (κ3) is 2.58. The molecule has 1 N–H and O–H groups in total. The number of fused-ring (bicyclic) bond motifs is 1. The van der Waals surface area contributed by atoms with Gasteiger partial charge in [0.2, 0.25) is 0 Å². The van der Waals surface area contributed by atoms with Gasteiger partial charge in [-0.15, -0.1) is 0 Å². The first-order valence-electron chi connectivity index (χ1n) is 6.45. The summed E-state index contributed by atoms with van der Waals surface area (Å²) < 4.78 is 0. The molecule has 2 nitrogen and oxygen atoms in total. The van der Waals surface area contributed by atoms with E-state index >= 15 is 0 Å². The SMILES string of the molecule is Cc1cncc(CNc2cccc3ccccc23)c1. The summed E-state index contributed by atoms with van der Waals surface area (Å²) in [5.74, 6) is 0. The van der Waals surface area contributed by atoms with Gasteiger partial charge in [-0.2, -0.15) is 0 Å². The largest absolute Gasteiger partial charge is 0.380 e. The lowest BCUT2D eigenvalue weighted by atomic mass is 10.1. The number of hydrogen-bond donors (Lipinski definition) is 1. The van der Waals surface area contributed by atoms with Crippen molar-refractivity contribution in [3.8, 4) is 0 Å². The molecule has 0 aliphatic carbocycles. The summed E-state index contributed by atoms with van der Waals surface area (Å²) >= 11 is 0. The van der Waals surface area contributed by atoms with Crippen LogP contribution in [0.1, 0.15) is 11.1 Å². The second kappa shape index (κ2) is 5.11. The molecule has 2 aromatic carbocycles. The maximum absolute atomic E-state index is 4.22. The molecule has 0 spiro atoms. The molecule has 0 amide bonds. The summed E-state index contributed by atoms with van der Waals surface area (Å²) in [5.41, 5.74) is 3.56. The van der Waals surface area contributed by atoms with Gasteiger partial charge in [-0.05, 0) is 29.5 Å². The monoisotopic (exact) mass is 248 g/mol. The predicted molar refractivity (Wildman–Crippen MR) is 80.2 cm³/mol. The summed E-state index contributed by atoms with van der Waals surface area (Å²) in [5, 5.41) is 6.01. The van der Waals surface area contributed by atoms with Gasteiger partial charge in [0.05, 0.1) is 0 Å². The zero-order chi connectivity index (χ0) is 13.1. The van der Waals surface area contributed by atoms with E-state index in [1.165, 1.54) is 27.6 Å². The standard InChI is InChI=1S/C17H16N2/c1-13-9-14(11-18-10-13)12-19-17-8-4-6-15-5-2-3-7-16(15)17/h2-11,19H,12H2,1H3. The summed E-state index contributed by atoms with van der Waals surface area (Å²) in [6, 6.07) is 16.9. The molecule has 0 aliphatic heterocycles. The van der Waals surface area contributed by atoms with Crippen LogP contribution in [0.2, 0.25) is 0 Å². The molecular formula is C17H16N2. The van der Waals surface area contributed by atoms with Gasteiger partial charge < -0.3 is 5.32 Å².